The molecule has 0 spiro atoms. The van der Waals surface area contributed by atoms with Gasteiger partial charge in [0, 0.05) is 12.2 Å². The standard InChI is InChI=1S/C21H37NO2Si/c1-5-8-9-10-17-25(4,7-3)18-11-16-22-20-14-12-19(13-15-20)21(23)24-6-2/h12-15,22H,5-11,16-18H2,1-4H3. The highest BCUT2D eigenvalue weighted by molar-refractivity contribution is 6.78. The van der Waals surface area contributed by atoms with E-state index in [1.54, 1.807) is 0 Å². The number of carbonyl (C=O) groups is 1. The van der Waals surface area contributed by atoms with Crippen LogP contribution in [-0.4, -0.2) is 27.2 Å². The number of ether oxygens (including phenoxy) is 1. The lowest BCUT2D eigenvalue weighted by Crippen LogP contribution is -2.29. The molecule has 0 aliphatic rings. The molecule has 0 heterocycles. The molecule has 3 nitrogen and oxygen atoms in total. The quantitative estimate of drug-likeness (QED) is 0.252. The van der Waals surface area contributed by atoms with E-state index in [4.69, 9.17) is 4.74 Å². The van der Waals surface area contributed by atoms with Crippen LogP contribution in [0.2, 0.25) is 24.7 Å². The van der Waals surface area contributed by atoms with E-state index in [1.165, 1.54) is 50.2 Å². The molecule has 0 saturated carbocycles. The number of benzene rings is 1. The summed E-state index contributed by atoms with van der Waals surface area (Å²) in [7, 11) is -1.05. The summed E-state index contributed by atoms with van der Waals surface area (Å²) in [4.78, 5) is 11.6. The third kappa shape index (κ3) is 8.57. The predicted molar refractivity (Wildman–Crippen MR) is 111 cm³/mol. The van der Waals surface area contributed by atoms with Crippen LogP contribution in [0.25, 0.3) is 0 Å². The molecular weight excluding hydrogens is 326 g/mol. The Kier molecular flexibility index (Phi) is 10.5. The van der Waals surface area contributed by atoms with Crippen molar-refractivity contribution in [1.82, 2.24) is 0 Å². The maximum atomic E-state index is 11.6. The first kappa shape index (κ1) is 21.7. The minimum absolute atomic E-state index is 0.248. The average molecular weight is 364 g/mol. The van der Waals surface area contributed by atoms with E-state index in [0.29, 0.717) is 12.2 Å². The number of esters is 1. The molecule has 1 aromatic carbocycles. The normalized spacial score (nSPS) is 13.3. The van der Waals surface area contributed by atoms with Gasteiger partial charge >= 0.3 is 5.97 Å². The van der Waals surface area contributed by atoms with Gasteiger partial charge in [0.25, 0.3) is 0 Å². The Morgan fingerprint density at radius 2 is 1.68 bits per heavy atom. The van der Waals surface area contributed by atoms with Crippen molar-refractivity contribution < 1.29 is 9.53 Å². The Morgan fingerprint density at radius 3 is 2.28 bits per heavy atom. The molecule has 0 bridgehead atoms. The fourth-order valence-electron chi connectivity index (χ4n) is 3.14. The zero-order chi connectivity index (χ0) is 18.5. The van der Waals surface area contributed by atoms with Crippen LogP contribution < -0.4 is 5.32 Å². The van der Waals surface area contributed by atoms with Crippen LogP contribution in [0.5, 0.6) is 0 Å². The van der Waals surface area contributed by atoms with Gasteiger partial charge < -0.3 is 10.1 Å². The van der Waals surface area contributed by atoms with E-state index in [0.717, 1.165) is 12.2 Å². The smallest absolute Gasteiger partial charge is 0.338 e. The third-order valence-electron chi connectivity index (χ3n) is 5.17. The van der Waals surface area contributed by atoms with Crippen molar-refractivity contribution in [3.05, 3.63) is 29.8 Å². The molecule has 1 unspecified atom stereocenters. The molecule has 0 aliphatic carbocycles. The van der Waals surface area contributed by atoms with Crippen molar-refractivity contribution in [2.45, 2.75) is 77.6 Å². The lowest BCUT2D eigenvalue weighted by molar-refractivity contribution is 0.0526. The van der Waals surface area contributed by atoms with Gasteiger partial charge in [-0.2, -0.15) is 0 Å². The molecule has 25 heavy (non-hydrogen) atoms. The summed E-state index contributed by atoms with van der Waals surface area (Å²) in [6.45, 7) is 10.5. The fraction of sp³-hybridized carbons (Fsp3) is 0.667. The molecule has 1 atom stereocenters. The monoisotopic (exact) mass is 363 g/mol. The lowest BCUT2D eigenvalue weighted by atomic mass is 10.2. The zero-order valence-electron chi connectivity index (χ0n) is 16.7. The summed E-state index contributed by atoms with van der Waals surface area (Å²) < 4.78 is 5.01. The molecule has 0 amide bonds. The highest BCUT2D eigenvalue weighted by Crippen LogP contribution is 2.25. The number of unbranched alkanes of at least 4 members (excludes halogenated alkanes) is 3. The van der Waals surface area contributed by atoms with Gasteiger partial charge in [-0.3, -0.25) is 0 Å². The molecule has 0 fully saturated rings. The maximum absolute atomic E-state index is 11.6. The van der Waals surface area contributed by atoms with Crippen molar-refractivity contribution in [3.8, 4) is 0 Å². The summed E-state index contributed by atoms with van der Waals surface area (Å²) in [6.07, 6.45) is 6.78. The van der Waals surface area contributed by atoms with Gasteiger partial charge in [0.05, 0.1) is 20.2 Å². The van der Waals surface area contributed by atoms with E-state index < -0.39 is 8.07 Å². The van der Waals surface area contributed by atoms with Gasteiger partial charge in [-0.15, -0.1) is 0 Å². The molecule has 4 heteroatoms. The van der Waals surface area contributed by atoms with Crippen LogP contribution in [0.4, 0.5) is 5.69 Å². The van der Waals surface area contributed by atoms with Gasteiger partial charge in [0.2, 0.25) is 0 Å². The third-order valence-corrected chi connectivity index (χ3v) is 10.00. The van der Waals surface area contributed by atoms with E-state index in [9.17, 15) is 4.79 Å². The number of hydrogen-bond acceptors (Lipinski definition) is 3. The minimum Gasteiger partial charge on any atom is -0.462 e. The SMILES string of the molecule is CCCCCC[Si](C)(CC)CCCNc1ccc(C(=O)OCC)cc1. The van der Waals surface area contributed by atoms with Gasteiger partial charge in [0.1, 0.15) is 0 Å². The van der Waals surface area contributed by atoms with Crippen LogP contribution in [0.15, 0.2) is 24.3 Å². The first-order valence-corrected chi connectivity index (χ1v) is 13.2. The summed E-state index contributed by atoms with van der Waals surface area (Å²) in [5.41, 5.74) is 1.70. The second kappa shape index (κ2) is 12.1. The Balaban J connectivity index is 2.32. The molecule has 0 aliphatic heterocycles. The number of carbonyl (C=O) groups excluding carboxylic acids is 1. The van der Waals surface area contributed by atoms with Gasteiger partial charge in [-0.25, -0.2) is 4.79 Å². The van der Waals surface area contributed by atoms with Crippen LogP contribution in [-0.2, 0) is 4.74 Å². The van der Waals surface area contributed by atoms with Crippen molar-refractivity contribution >= 4 is 19.7 Å². The largest absolute Gasteiger partial charge is 0.462 e. The highest BCUT2D eigenvalue weighted by Gasteiger charge is 2.23. The summed E-state index contributed by atoms with van der Waals surface area (Å²) in [5, 5.41) is 3.49. The van der Waals surface area contributed by atoms with E-state index in [2.05, 4.69) is 25.7 Å². The maximum Gasteiger partial charge on any atom is 0.338 e. The molecule has 142 valence electrons. The lowest BCUT2D eigenvalue weighted by Gasteiger charge is -2.26. The molecular formula is C21H37NO2Si. The van der Waals surface area contributed by atoms with Crippen LogP contribution in [0.1, 0.15) is 63.2 Å². The summed E-state index contributed by atoms with van der Waals surface area (Å²) in [6, 6.07) is 11.9. The summed E-state index contributed by atoms with van der Waals surface area (Å²) in [5.74, 6) is -0.248. The number of rotatable bonds is 13. The average Bonchev–Trinajstić information content (AvgIpc) is 2.63. The fourth-order valence-corrected chi connectivity index (χ4v) is 6.23. The van der Waals surface area contributed by atoms with E-state index in [-0.39, 0.29) is 5.97 Å². The highest BCUT2D eigenvalue weighted by atomic mass is 28.3. The Morgan fingerprint density at radius 1 is 1.00 bits per heavy atom. The second-order valence-corrected chi connectivity index (χ2v) is 12.6. The van der Waals surface area contributed by atoms with Crippen LogP contribution in [0, 0.1) is 0 Å². The van der Waals surface area contributed by atoms with Crippen LogP contribution >= 0.6 is 0 Å². The van der Waals surface area contributed by atoms with Crippen molar-refractivity contribution in [1.29, 1.82) is 0 Å². The van der Waals surface area contributed by atoms with E-state index >= 15 is 0 Å². The molecule has 0 saturated heterocycles. The zero-order valence-corrected chi connectivity index (χ0v) is 17.7. The van der Waals surface area contributed by atoms with Crippen LogP contribution in [0.3, 0.4) is 0 Å². The minimum atomic E-state index is -1.05. The van der Waals surface area contributed by atoms with Crippen molar-refractivity contribution in [3.63, 3.8) is 0 Å². The number of nitrogens with one attached hydrogen (secondary N) is 1. The first-order chi connectivity index (χ1) is 12.0. The Labute approximate surface area is 155 Å². The van der Waals surface area contributed by atoms with Gasteiger partial charge in [0.15, 0.2) is 0 Å². The van der Waals surface area contributed by atoms with Gasteiger partial charge in [-0.1, -0.05) is 64.2 Å². The van der Waals surface area contributed by atoms with Gasteiger partial charge in [-0.05, 0) is 37.6 Å². The topological polar surface area (TPSA) is 38.3 Å². The van der Waals surface area contributed by atoms with Crippen molar-refractivity contribution in [2.75, 3.05) is 18.5 Å². The van der Waals surface area contributed by atoms with Crippen molar-refractivity contribution in [2.24, 2.45) is 0 Å². The number of anilines is 1. The molecule has 0 radical (unpaired) electrons. The Hall–Kier alpha value is -1.29. The number of hydrogen-bond donors (Lipinski definition) is 1. The molecule has 1 rings (SSSR count). The second-order valence-electron chi connectivity index (χ2n) is 7.30. The molecule has 1 aromatic rings. The predicted octanol–water partition coefficient (Wildman–Crippen LogP) is 6.34. The molecule has 0 aromatic heterocycles. The first-order valence-electron chi connectivity index (χ1n) is 10.1. The summed E-state index contributed by atoms with van der Waals surface area (Å²) >= 11 is 0. The van der Waals surface area contributed by atoms with E-state index in [1.807, 2.05) is 31.2 Å². The Bertz CT molecular complexity index is 489. The molecule has 1 N–H and O–H groups in total.